The molecule has 162 valence electrons. The van der Waals surface area contributed by atoms with E-state index < -0.39 is 28.5 Å². The van der Waals surface area contributed by atoms with Crippen molar-refractivity contribution < 1.29 is 27.5 Å². The van der Waals surface area contributed by atoms with Crippen molar-refractivity contribution in [2.24, 2.45) is 0 Å². The monoisotopic (exact) mass is 473 g/mol. The first-order chi connectivity index (χ1) is 14.2. The van der Waals surface area contributed by atoms with Crippen molar-refractivity contribution in [3.05, 3.63) is 39.9 Å². The van der Waals surface area contributed by atoms with E-state index in [1.807, 2.05) is 0 Å². The van der Waals surface area contributed by atoms with Crippen molar-refractivity contribution in [1.82, 2.24) is 9.71 Å². The van der Waals surface area contributed by atoms with Gasteiger partial charge in [-0.2, -0.15) is 0 Å². The maximum atomic E-state index is 12.6. The van der Waals surface area contributed by atoms with Crippen LogP contribution in [0.4, 0.5) is 5.13 Å². The zero-order valence-electron chi connectivity index (χ0n) is 16.0. The number of hydrogen-bond acceptors (Lipinski definition) is 8. The topological polar surface area (TPSA) is 124 Å². The summed E-state index contributed by atoms with van der Waals surface area (Å²) in [4.78, 5) is 28.0. The van der Waals surface area contributed by atoms with Crippen molar-refractivity contribution in [2.45, 2.75) is 30.8 Å². The molecule has 0 spiro atoms. The number of amides is 1. The van der Waals surface area contributed by atoms with E-state index in [2.05, 4.69) is 15.0 Å². The molecule has 1 fully saturated rings. The number of halogens is 1. The molecule has 0 radical (unpaired) electrons. The van der Waals surface area contributed by atoms with Gasteiger partial charge in [0.15, 0.2) is 11.7 Å². The van der Waals surface area contributed by atoms with Gasteiger partial charge in [-0.1, -0.05) is 11.6 Å². The molecule has 1 saturated heterocycles. The molecular formula is C18H20ClN3O6S2. The second-order valence-corrected chi connectivity index (χ2v) is 9.55. The van der Waals surface area contributed by atoms with Gasteiger partial charge in [0.1, 0.15) is 4.90 Å². The van der Waals surface area contributed by atoms with Gasteiger partial charge in [-0.05, 0) is 38.0 Å². The van der Waals surface area contributed by atoms with Crippen molar-refractivity contribution >= 4 is 50.0 Å². The molecule has 1 aromatic carbocycles. The van der Waals surface area contributed by atoms with Crippen LogP contribution < -0.4 is 10.0 Å². The first-order valence-corrected chi connectivity index (χ1v) is 11.8. The average Bonchev–Trinajstić information content (AvgIpc) is 3.36. The Morgan fingerprint density at radius 1 is 1.40 bits per heavy atom. The summed E-state index contributed by atoms with van der Waals surface area (Å²) in [7, 11) is -3.96. The second kappa shape index (κ2) is 9.84. The maximum Gasteiger partial charge on any atom is 0.338 e. The number of sulfonamides is 1. The smallest absolute Gasteiger partial charge is 0.338 e. The number of carbonyl (C=O) groups is 2. The largest absolute Gasteiger partial charge is 0.452 e. The Labute approximate surface area is 182 Å². The zero-order chi connectivity index (χ0) is 21.7. The molecule has 1 atom stereocenters. The van der Waals surface area contributed by atoms with Crippen molar-refractivity contribution in [3.63, 3.8) is 0 Å². The molecule has 2 heterocycles. The molecule has 1 aliphatic rings. The summed E-state index contributed by atoms with van der Waals surface area (Å²) in [5.41, 5.74) is 0.713. The highest BCUT2D eigenvalue weighted by Crippen LogP contribution is 2.23. The number of anilines is 1. The number of carbonyl (C=O) groups excluding carboxylic acids is 2. The Bertz CT molecular complexity index is 1030. The van der Waals surface area contributed by atoms with Crippen LogP contribution in [0, 0.1) is 6.92 Å². The molecule has 9 nitrogen and oxygen atoms in total. The number of hydrogen-bond donors (Lipinski definition) is 2. The Hall–Kier alpha value is -2.05. The van der Waals surface area contributed by atoms with Gasteiger partial charge in [0.2, 0.25) is 10.0 Å². The maximum absolute atomic E-state index is 12.6. The van der Waals surface area contributed by atoms with Crippen LogP contribution in [0.2, 0.25) is 5.02 Å². The summed E-state index contributed by atoms with van der Waals surface area (Å²) in [5.74, 6) is -1.41. The standard InChI is InChI=1S/C18H20ClN3O6S2/c1-11-10-29-18(21-11)22-16(23)9-28-17(24)12-4-5-14(19)15(7-12)30(25,26)20-8-13-3-2-6-27-13/h4-5,7,10,13,20H,2-3,6,8-9H2,1H3,(H,21,22,23). The lowest BCUT2D eigenvalue weighted by Gasteiger charge is -2.13. The lowest BCUT2D eigenvalue weighted by molar-refractivity contribution is -0.119. The van der Waals surface area contributed by atoms with Crippen LogP contribution in [-0.4, -0.2) is 51.1 Å². The van der Waals surface area contributed by atoms with Crippen LogP contribution in [0.5, 0.6) is 0 Å². The minimum absolute atomic E-state index is 0.0386. The van der Waals surface area contributed by atoms with Crippen LogP contribution in [0.1, 0.15) is 28.9 Å². The van der Waals surface area contributed by atoms with Crippen LogP contribution in [-0.2, 0) is 24.3 Å². The van der Waals surface area contributed by atoms with E-state index >= 15 is 0 Å². The minimum Gasteiger partial charge on any atom is -0.452 e. The summed E-state index contributed by atoms with van der Waals surface area (Å²) in [6, 6.07) is 3.73. The van der Waals surface area contributed by atoms with Gasteiger partial charge in [0.25, 0.3) is 5.91 Å². The fourth-order valence-corrected chi connectivity index (χ4v) is 5.00. The third-order valence-corrected chi connectivity index (χ3v) is 6.96. The van der Waals surface area contributed by atoms with Crippen molar-refractivity contribution in [1.29, 1.82) is 0 Å². The number of aromatic nitrogens is 1. The highest BCUT2D eigenvalue weighted by molar-refractivity contribution is 7.89. The number of rotatable bonds is 8. The van der Waals surface area contributed by atoms with E-state index in [1.165, 1.54) is 23.5 Å². The quantitative estimate of drug-likeness (QED) is 0.564. The molecule has 12 heteroatoms. The Balaban J connectivity index is 1.61. The number of aryl methyl sites for hydroxylation is 1. The molecular weight excluding hydrogens is 454 g/mol. The molecule has 2 aromatic rings. The zero-order valence-corrected chi connectivity index (χ0v) is 18.4. The molecule has 0 saturated carbocycles. The molecule has 0 bridgehead atoms. The summed E-state index contributed by atoms with van der Waals surface area (Å²) in [6.45, 7) is 1.96. The summed E-state index contributed by atoms with van der Waals surface area (Å²) < 4.78 is 38.0. The third-order valence-electron chi connectivity index (χ3n) is 4.18. The summed E-state index contributed by atoms with van der Waals surface area (Å²) in [5, 5.41) is 4.63. The van der Waals surface area contributed by atoms with E-state index in [0.29, 0.717) is 11.7 Å². The van der Waals surface area contributed by atoms with Crippen LogP contribution in [0.3, 0.4) is 0 Å². The van der Waals surface area contributed by atoms with Crippen molar-refractivity contribution in [2.75, 3.05) is 25.1 Å². The summed E-state index contributed by atoms with van der Waals surface area (Å²) >= 11 is 7.28. The molecule has 1 aliphatic heterocycles. The van der Waals surface area contributed by atoms with E-state index in [1.54, 1.807) is 12.3 Å². The third kappa shape index (κ3) is 5.99. The van der Waals surface area contributed by atoms with Gasteiger partial charge in [-0.3, -0.25) is 10.1 Å². The number of thiazole rings is 1. The van der Waals surface area contributed by atoms with E-state index in [0.717, 1.165) is 24.6 Å². The second-order valence-electron chi connectivity index (χ2n) is 6.55. The highest BCUT2D eigenvalue weighted by atomic mass is 35.5. The number of benzene rings is 1. The van der Waals surface area contributed by atoms with Crippen LogP contribution >= 0.6 is 22.9 Å². The predicted octanol–water partition coefficient (Wildman–Crippen LogP) is 2.36. The highest BCUT2D eigenvalue weighted by Gasteiger charge is 2.24. The van der Waals surface area contributed by atoms with Gasteiger partial charge in [0.05, 0.1) is 22.4 Å². The van der Waals surface area contributed by atoms with E-state index in [4.69, 9.17) is 21.1 Å². The van der Waals surface area contributed by atoms with Crippen LogP contribution in [0.15, 0.2) is 28.5 Å². The molecule has 3 rings (SSSR count). The Morgan fingerprint density at radius 2 is 2.20 bits per heavy atom. The van der Waals surface area contributed by atoms with Crippen LogP contribution in [0.25, 0.3) is 0 Å². The molecule has 1 amide bonds. The van der Waals surface area contributed by atoms with Gasteiger partial charge in [0, 0.05) is 18.5 Å². The lowest BCUT2D eigenvalue weighted by Crippen LogP contribution is -2.32. The molecule has 1 unspecified atom stereocenters. The van der Waals surface area contributed by atoms with Gasteiger partial charge in [-0.15, -0.1) is 11.3 Å². The van der Waals surface area contributed by atoms with E-state index in [-0.39, 0.29) is 28.1 Å². The number of esters is 1. The Morgan fingerprint density at radius 3 is 2.87 bits per heavy atom. The molecule has 30 heavy (non-hydrogen) atoms. The lowest BCUT2D eigenvalue weighted by atomic mass is 10.2. The minimum atomic E-state index is -3.96. The van der Waals surface area contributed by atoms with Crippen molar-refractivity contribution in [3.8, 4) is 0 Å². The van der Waals surface area contributed by atoms with Gasteiger partial charge >= 0.3 is 5.97 Å². The average molecular weight is 474 g/mol. The predicted molar refractivity (Wildman–Crippen MR) is 111 cm³/mol. The molecule has 1 aromatic heterocycles. The normalized spacial score (nSPS) is 16.4. The van der Waals surface area contributed by atoms with Gasteiger partial charge < -0.3 is 9.47 Å². The SMILES string of the molecule is Cc1csc(NC(=O)COC(=O)c2ccc(Cl)c(S(=O)(=O)NCC3CCCO3)c2)n1. The first kappa shape index (κ1) is 22.6. The van der Waals surface area contributed by atoms with E-state index in [9.17, 15) is 18.0 Å². The number of nitrogens with one attached hydrogen (secondary N) is 2. The molecule has 2 N–H and O–H groups in total. The number of ether oxygens (including phenoxy) is 2. The Kier molecular flexibility index (Phi) is 7.42. The molecule has 0 aliphatic carbocycles. The fourth-order valence-electron chi connectivity index (χ4n) is 2.70. The van der Waals surface area contributed by atoms with Gasteiger partial charge in [-0.25, -0.2) is 22.9 Å². The summed E-state index contributed by atoms with van der Waals surface area (Å²) in [6.07, 6.45) is 1.46. The number of nitrogens with zero attached hydrogens (tertiary/aromatic N) is 1. The first-order valence-electron chi connectivity index (χ1n) is 9.04. The fraction of sp³-hybridized carbons (Fsp3) is 0.389.